The molecule has 2 aliphatic rings. The van der Waals surface area contributed by atoms with Crippen LogP contribution in [0.5, 0.6) is 0 Å². The summed E-state index contributed by atoms with van der Waals surface area (Å²) in [5.41, 5.74) is 0. The zero-order valence-corrected chi connectivity index (χ0v) is 15.8. The molecule has 1 atom stereocenters. The summed E-state index contributed by atoms with van der Waals surface area (Å²) < 4.78 is 26.7. The van der Waals surface area contributed by atoms with Crippen molar-refractivity contribution in [3.63, 3.8) is 0 Å². The van der Waals surface area contributed by atoms with Gasteiger partial charge < -0.3 is 10.6 Å². The van der Waals surface area contributed by atoms with Gasteiger partial charge in [-0.3, -0.25) is 4.79 Å². The van der Waals surface area contributed by atoms with Gasteiger partial charge >= 0.3 is 0 Å². The molecule has 6 nitrogen and oxygen atoms in total. The maximum absolute atomic E-state index is 12.6. The highest BCUT2D eigenvalue weighted by Crippen LogP contribution is 2.23. The molecule has 0 bridgehead atoms. The second kappa shape index (κ2) is 8.98. The van der Waals surface area contributed by atoms with Crippen LogP contribution >= 0.6 is 12.4 Å². The molecule has 0 radical (unpaired) electrons. The molecule has 1 aromatic carbocycles. The second-order valence-corrected chi connectivity index (χ2v) is 8.49. The van der Waals surface area contributed by atoms with Gasteiger partial charge in [-0.25, -0.2) is 8.42 Å². The number of carbonyl (C=O) groups is 1. The molecule has 2 aliphatic heterocycles. The van der Waals surface area contributed by atoms with Crippen LogP contribution in [-0.2, 0) is 14.8 Å². The van der Waals surface area contributed by atoms with Crippen molar-refractivity contribution in [1.29, 1.82) is 0 Å². The highest BCUT2D eigenvalue weighted by molar-refractivity contribution is 7.89. The summed E-state index contributed by atoms with van der Waals surface area (Å²) in [6.45, 7) is 2.57. The van der Waals surface area contributed by atoms with Crippen molar-refractivity contribution in [3.05, 3.63) is 30.3 Å². The first-order valence-electron chi connectivity index (χ1n) is 8.63. The molecule has 25 heavy (non-hydrogen) atoms. The molecule has 0 spiro atoms. The molecular weight excluding hydrogens is 362 g/mol. The minimum absolute atomic E-state index is 0. The number of piperidine rings is 1. The van der Waals surface area contributed by atoms with Crippen molar-refractivity contribution in [2.24, 2.45) is 5.92 Å². The van der Waals surface area contributed by atoms with Crippen LogP contribution < -0.4 is 10.6 Å². The van der Waals surface area contributed by atoms with Gasteiger partial charge in [-0.15, -0.1) is 12.4 Å². The highest BCUT2D eigenvalue weighted by atomic mass is 35.5. The summed E-state index contributed by atoms with van der Waals surface area (Å²) in [7, 11) is -3.39. The molecule has 3 rings (SSSR count). The highest BCUT2D eigenvalue weighted by Gasteiger charge is 2.30. The summed E-state index contributed by atoms with van der Waals surface area (Å²) in [6, 6.07) is 8.52. The van der Waals surface area contributed by atoms with Gasteiger partial charge in [0, 0.05) is 19.6 Å². The number of hydrogen-bond donors (Lipinski definition) is 2. The summed E-state index contributed by atoms with van der Waals surface area (Å²) >= 11 is 0. The number of sulfonamides is 1. The molecule has 2 heterocycles. The average Bonchev–Trinajstić information content (AvgIpc) is 3.15. The van der Waals surface area contributed by atoms with Gasteiger partial charge in [-0.2, -0.15) is 4.31 Å². The fourth-order valence-corrected chi connectivity index (χ4v) is 4.86. The van der Waals surface area contributed by atoms with E-state index in [2.05, 4.69) is 10.6 Å². The molecule has 0 aromatic heterocycles. The van der Waals surface area contributed by atoms with E-state index in [1.54, 1.807) is 28.6 Å². The van der Waals surface area contributed by atoms with Gasteiger partial charge in [0.05, 0.1) is 10.9 Å². The average molecular weight is 388 g/mol. The number of rotatable bonds is 5. The van der Waals surface area contributed by atoms with E-state index in [1.807, 2.05) is 6.07 Å². The maximum atomic E-state index is 12.6. The SMILES string of the molecule is Cl.O=C(NCC1CCN(S(=O)(=O)c2ccccc2)CC1)C1CCCN1. The fourth-order valence-electron chi connectivity index (χ4n) is 3.37. The predicted octanol–water partition coefficient (Wildman–Crippen LogP) is 1.38. The Hall–Kier alpha value is -1.15. The van der Waals surface area contributed by atoms with Gasteiger partial charge in [0.25, 0.3) is 0 Å². The minimum atomic E-state index is -3.39. The zero-order chi connectivity index (χ0) is 17.0. The third-order valence-electron chi connectivity index (χ3n) is 4.90. The number of benzene rings is 1. The summed E-state index contributed by atoms with van der Waals surface area (Å²) in [5.74, 6) is 0.421. The van der Waals surface area contributed by atoms with Crippen molar-refractivity contribution < 1.29 is 13.2 Å². The summed E-state index contributed by atoms with van der Waals surface area (Å²) in [5, 5.41) is 6.20. The molecule has 2 saturated heterocycles. The van der Waals surface area contributed by atoms with E-state index in [0.717, 1.165) is 32.2 Å². The Labute approximate surface area is 155 Å². The third-order valence-corrected chi connectivity index (χ3v) is 6.81. The number of carbonyl (C=O) groups excluding carboxylic acids is 1. The second-order valence-electron chi connectivity index (χ2n) is 6.55. The number of amides is 1. The van der Waals surface area contributed by atoms with E-state index < -0.39 is 10.0 Å². The molecule has 2 N–H and O–H groups in total. The van der Waals surface area contributed by atoms with Crippen molar-refractivity contribution in [2.45, 2.75) is 36.6 Å². The third kappa shape index (κ3) is 4.94. The lowest BCUT2D eigenvalue weighted by Gasteiger charge is -2.31. The van der Waals surface area contributed by atoms with Crippen molar-refractivity contribution in [1.82, 2.24) is 14.9 Å². The minimum Gasteiger partial charge on any atom is -0.354 e. The first-order valence-corrected chi connectivity index (χ1v) is 10.1. The Kier molecular flexibility index (Phi) is 7.25. The van der Waals surface area contributed by atoms with Crippen LogP contribution in [0.15, 0.2) is 35.2 Å². The van der Waals surface area contributed by atoms with E-state index in [9.17, 15) is 13.2 Å². The summed E-state index contributed by atoms with van der Waals surface area (Å²) in [4.78, 5) is 12.4. The van der Waals surface area contributed by atoms with Crippen molar-refractivity contribution in [3.8, 4) is 0 Å². The Bertz CT molecular complexity index is 655. The molecule has 2 fully saturated rings. The number of halogens is 1. The molecule has 1 amide bonds. The van der Waals surface area contributed by atoms with Crippen LogP contribution in [-0.4, -0.2) is 50.9 Å². The number of nitrogens with one attached hydrogen (secondary N) is 2. The predicted molar refractivity (Wildman–Crippen MR) is 99.2 cm³/mol. The number of nitrogens with zero attached hydrogens (tertiary/aromatic N) is 1. The molecule has 1 unspecified atom stereocenters. The number of hydrogen-bond acceptors (Lipinski definition) is 4. The van der Waals surface area contributed by atoms with Crippen molar-refractivity contribution >= 4 is 28.3 Å². The van der Waals surface area contributed by atoms with Gasteiger partial charge in [-0.1, -0.05) is 18.2 Å². The Morgan fingerprint density at radius 3 is 2.44 bits per heavy atom. The van der Waals surface area contributed by atoms with Gasteiger partial charge in [0.2, 0.25) is 15.9 Å². The van der Waals surface area contributed by atoms with Crippen LogP contribution in [0.25, 0.3) is 0 Å². The van der Waals surface area contributed by atoms with Crippen molar-refractivity contribution in [2.75, 3.05) is 26.2 Å². The lowest BCUT2D eigenvalue weighted by Crippen LogP contribution is -2.45. The first kappa shape index (κ1) is 20.2. The van der Waals surface area contributed by atoms with E-state index in [-0.39, 0.29) is 24.4 Å². The van der Waals surface area contributed by atoms with Gasteiger partial charge in [-0.05, 0) is 50.3 Å². The van der Waals surface area contributed by atoms with Crippen LogP contribution in [0.4, 0.5) is 0 Å². The normalized spacial score (nSPS) is 22.3. The molecule has 1 aromatic rings. The van der Waals surface area contributed by atoms with Gasteiger partial charge in [0.1, 0.15) is 0 Å². The van der Waals surface area contributed by atoms with Crippen LogP contribution in [0.3, 0.4) is 0 Å². The monoisotopic (exact) mass is 387 g/mol. The quantitative estimate of drug-likeness (QED) is 0.800. The Balaban J connectivity index is 0.00000225. The smallest absolute Gasteiger partial charge is 0.243 e. The Morgan fingerprint density at radius 2 is 1.84 bits per heavy atom. The van der Waals surface area contributed by atoms with Crippen LogP contribution in [0, 0.1) is 5.92 Å². The van der Waals surface area contributed by atoms with Gasteiger partial charge in [0.15, 0.2) is 0 Å². The summed E-state index contributed by atoms with van der Waals surface area (Å²) in [6.07, 6.45) is 3.52. The molecule has 8 heteroatoms. The fraction of sp³-hybridized carbons (Fsp3) is 0.588. The lowest BCUT2D eigenvalue weighted by atomic mass is 9.98. The molecular formula is C17H26ClN3O3S. The maximum Gasteiger partial charge on any atom is 0.243 e. The zero-order valence-electron chi connectivity index (χ0n) is 14.2. The molecule has 0 saturated carbocycles. The van der Waals surface area contributed by atoms with E-state index in [1.165, 1.54) is 0 Å². The largest absolute Gasteiger partial charge is 0.354 e. The topological polar surface area (TPSA) is 78.5 Å². The van der Waals surface area contributed by atoms with Crippen LogP contribution in [0.1, 0.15) is 25.7 Å². The molecule has 0 aliphatic carbocycles. The van der Waals surface area contributed by atoms with E-state index >= 15 is 0 Å². The Morgan fingerprint density at radius 1 is 1.16 bits per heavy atom. The first-order chi connectivity index (χ1) is 11.6. The van der Waals surface area contributed by atoms with E-state index in [0.29, 0.717) is 30.4 Å². The molecule has 140 valence electrons. The lowest BCUT2D eigenvalue weighted by molar-refractivity contribution is -0.123. The van der Waals surface area contributed by atoms with Crippen LogP contribution in [0.2, 0.25) is 0 Å². The standard InChI is InChI=1S/C17H25N3O3S.ClH/c21-17(16-7-4-10-18-16)19-13-14-8-11-20(12-9-14)24(22,23)15-5-2-1-3-6-15;/h1-3,5-6,14,16,18H,4,7-13H2,(H,19,21);1H. The van der Waals surface area contributed by atoms with E-state index in [4.69, 9.17) is 0 Å².